The number of nitrogens with one attached hydrogen (secondary N) is 1. The summed E-state index contributed by atoms with van der Waals surface area (Å²) in [6.07, 6.45) is -0.195. The fraction of sp³-hybridized carbons (Fsp3) is 0.188. The van der Waals surface area contributed by atoms with E-state index in [2.05, 4.69) is 5.32 Å². The number of carbonyl (C=O) groups is 1. The maximum absolute atomic E-state index is 12.3. The van der Waals surface area contributed by atoms with Crippen molar-refractivity contribution in [2.75, 3.05) is 6.61 Å². The first kappa shape index (κ1) is 12.1. The highest BCUT2D eigenvalue weighted by molar-refractivity contribution is 6.00. The summed E-state index contributed by atoms with van der Waals surface area (Å²) in [7, 11) is 0. The Balaban J connectivity index is 1.71. The molecule has 1 fully saturated rings. The predicted octanol–water partition coefficient (Wildman–Crippen LogP) is 2.56. The largest absolute Gasteiger partial charge is 0.357 e. The number of ketones is 1. The van der Waals surface area contributed by atoms with Crippen LogP contribution < -0.4 is 5.32 Å². The quantitative estimate of drug-likeness (QED) is 0.854. The molecule has 2 unspecified atom stereocenters. The number of carbonyl (C=O) groups excluding carboxylic acids is 1. The minimum atomic E-state index is -0.271. The first-order chi connectivity index (χ1) is 9.34. The lowest BCUT2D eigenvalue weighted by atomic mass is 10.1. The number of hydrogen-bond acceptors (Lipinski definition) is 3. The summed E-state index contributed by atoms with van der Waals surface area (Å²) in [5.41, 5.74) is 1.77. The summed E-state index contributed by atoms with van der Waals surface area (Å²) in [5.74, 6) is 0.0824. The number of Topliss-reactive ketones (excluding diaryl/α,β-unsaturated/α-hetero) is 1. The lowest BCUT2D eigenvalue weighted by Crippen LogP contribution is -2.34. The van der Waals surface area contributed by atoms with Gasteiger partial charge in [-0.1, -0.05) is 60.7 Å². The number of ether oxygens (including phenoxy) is 1. The van der Waals surface area contributed by atoms with Crippen LogP contribution >= 0.6 is 0 Å². The van der Waals surface area contributed by atoms with Gasteiger partial charge in [0.15, 0.2) is 5.78 Å². The van der Waals surface area contributed by atoms with E-state index in [0.29, 0.717) is 6.61 Å². The van der Waals surface area contributed by atoms with E-state index in [9.17, 15) is 4.79 Å². The Morgan fingerprint density at radius 3 is 2.32 bits per heavy atom. The molecule has 1 aliphatic rings. The minimum Gasteiger partial charge on any atom is -0.357 e. The third-order valence-electron chi connectivity index (χ3n) is 3.26. The molecular weight excluding hydrogens is 238 g/mol. The summed E-state index contributed by atoms with van der Waals surface area (Å²) in [6, 6.07) is 18.9. The van der Waals surface area contributed by atoms with Crippen molar-refractivity contribution in [3.8, 4) is 0 Å². The normalized spacial score (nSPS) is 22.3. The zero-order valence-electron chi connectivity index (χ0n) is 10.5. The Labute approximate surface area is 112 Å². The van der Waals surface area contributed by atoms with E-state index in [1.807, 2.05) is 60.7 Å². The zero-order valence-corrected chi connectivity index (χ0v) is 10.5. The molecule has 0 saturated carbocycles. The van der Waals surface area contributed by atoms with Crippen LogP contribution in [-0.2, 0) is 4.74 Å². The Morgan fingerprint density at radius 2 is 1.63 bits per heavy atom. The van der Waals surface area contributed by atoms with Gasteiger partial charge in [-0.3, -0.25) is 10.1 Å². The first-order valence-corrected chi connectivity index (χ1v) is 6.36. The number of hydrogen-bond donors (Lipinski definition) is 1. The smallest absolute Gasteiger partial charge is 0.182 e. The lowest BCUT2D eigenvalue weighted by Gasteiger charge is -2.11. The van der Waals surface area contributed by atoms with Gasteiger partial charge in [0.05, 0.1) is 12.6 Å². The third-order valence-corrected chi connectivity index (χ3v) is 3.26. The number of benzene rings is 2. The van der Waals surface area contributed by atoms with E-state index in [1.54, 1.807) is 0 Å². The van der Waals surface area contributed by atoms with E-state index in [4.69, 9.17) is 4.74 Å². The van der Waals surface area contributed by atoms with Crippen molar-refractivity contribution < 1.29 is 9.53 Å². The molecule has 19 heavy (non-hydrogen) atoms. The van der Waals surface area contributed by atoms with Crippen molar-refractivity contribution in [2.24, 2.45) is 0 Å². The molecule has 2 atom stereocenters. The second-order valence-electron chi connectivity index (χ2n) is 4.57. The van der Waals surface area contributed by atoms with Gasteiger partial charge in [-0.2, -0.15) is 0 Å². The van der Waals surface area contributed by atoms with Crippen molar-refractivity contribution in [1.82, 2.24) is 5.32 Å². The topological polar surface area (TPSA) is 38.3 Å². The fourth-order valence-corrected chi connectivity index (χ4v) is 2.25. The second kappa shape index (κ2) is 5.34. The van der Waals surface area contributed by atoms with E-state index in [0.717, 1.165) is 11.1 Å². The summed E-state index contributed by atoms with van der Waals surface area (Å²) in [4.78, 5) is 12.3. The molecule has 1 aliphatic heterocycles. The van der Waals surface area contributed by atoms with Crippen LogP contribution in [0.15, 0.2) is 60.7 Å². The van der Waals surface area contributed by atoms with Crippen LogP contribution in [0.25, 0.3) is 0 Å². The Bertz CT molecular complexity index is 553. The highest BCUT2D eigenvalue weighted by atomic mass is 16.5. The summed E-state index contributed by atoms with van der Waals surface area (Å²) < 4.78 is 5.66. The molecule has 1 heterocycles. The second-order valence-corrected chi connectivity index (χ2v) is 4.57. The van der Waals surface area contributed by atoms with Crippen LogP contribution in [0, 0.1) is 0 Å². The molecular formula is C16H15NO2. The molecule has 2 aromatic rings. The van der Waals surface area contributed by atoms with Gasteiger partial charge in [0.25, 0.3) is 0 Å². The van der Waals surface area contributed by atoms with Gasteiger partial charge in [-0.15, -0.1) is 0 Å². The molecule has 3 heteroatoms. The molecule has 0 aromatic heterocycles. The highest BCUT2D eigenvalue weighted by Crippen LogP contribution is 2.21. The molecule has 0 spiro atoms. The van der Waals surface area contributed by atoms with Gasteiger partial charge in [-0.05, 0) is 5.56 Å². The molecule has 1 N–H and O–H groups in total. The van der Waals surface area contributed by atoms with E-state index in [1.165, 1.54) is 0 Å². The van der Waals surface area contributed by atoms with Gasteiger partial charge in [0, 0.05) is 5.56 Å². The maximum atomic E-state index is 12.3. The standard InChI is InChI=1S/C16H15NO2/c18-15(12-7-3-1-4-8-12)14-11-19-16(17-14)13-9-5-2-6-10-13/h1-10,14,16-17H,11H2. The van der Waals surface area contributed by atoms with Crippen LogP contribution in [0.1, 0.15) is 22.1 Å². The monoisotopic (exact) mass is 253 g/mol. The molecule has 0 aliphatic carbocycles. The van der Waals surface area contributed by atoms with Crippen LogP contribution in [0.5, 0.6) is 0 Å². The summed E-state index contributed by atoms with van der Waals surface area (Å²) >= 11 is 0. The highest BCUT2D eigenvalue weighted by Gasteiger charge is 2.30. The maximum Gasteiger partial charge on any atom is 0.182 e. The Hall–Kier alpha value is -1.97. The van der Waals surface area contributed by atoms with E-state index in [-0.39, 0.29) is 18.1 Å². The van der Waals surface area contributed by atoms with Gasteiger partial charge in [0.2, 0.25) is 0 Å². The van der Waals surface area contributed by atoms with Crippen molar-refractivity contribution >= 4 is 5.78 Å². The van der Waals surface area contributed by atoms with E-state index < -0.39 is 0 Å². The minimum absolute atomic E-state index is 0.0824. The third kappa shape index (κ3) is 2.57. The van der Waals surface area contributed by atoms with Crippen LogP contribution in [0.2, 0.25) is 0 Å². The molecule has 96 valence electrons. The molecule has 3 nitrogen and oxygen atoms in total. The van der Waals surface area contributed by atoms with Gasteiger partial charge >= 0.3 is 0 Å². The first-order valence-electron chi connectivity index (χ1n) is 6.36. The average molecular weight is 253 g/mol. The van der Waals surface area contributed by atoms with E-state index >= 15 is 0 Å². The lowest BCUT2D eigenvalue weighted by molar-refractivity contribution is 0.0908. The van der Waals surface area contributed by atoms with Crippen molar-refractivity contribution in [3.05, 3.63) is 71.8 Å². The molecule has 0 radical (unpaired) electrons. The zero-order chi connectivity index (χ0) is 13.1. The van der Waals surface area contributed by atoms with Gasteiger partial charge in [-0.25, -0.2) is 0 Å². The van der Waals surface area contributed by atoms with Gasteiger partial charge < -0.3 is 4.74 Å². The molecule has 0 amide bonds. The van der Waals surface area contributed by atoms with Crippen LogP contribution in [0.3, 0.4) is 0 Å². The summed E-state index contributed by atoms with van der Waals surface area (Å²) in [6.45, 7) is 0.410. The Morgan fingerprint density at radius 1 is 1.00 bits per heavy atom. The molecule has 3 rings (SSSR count). The van der Waals surface area contributed by atoms with Gasteiger partial charge in [0.1, 0.15) is 6.23 Å². The Kier molecular flexibility index (Phi) is 3.40. The molecule has 0 bridgehead atoms. The van der Waals surface area contributed by atoms with Crippen molar-refractivity contribution in [2.45, 2.75) is 12.3 Å². The van der Waals surface area contributed by atoms with Crippen molar-refractivity contribution in [3.63, 3.8) is 0 Å². The summed E-state index contributed by atoms with van der Waals surface area (Å²) in [5, 5.41) is 3.23. The van der Waals surface area contributed by atoms with Crippen molar-refractivity contribution in [1.29, 1.82) is 0 Å². The SMILES string of the molecule is O=C(c1ccccc1)C1COC(c2ccccc2)N1. The van der Waals surface area contributed by atoms with Crippen LogP contribution in [-0.4, -0.2) is 18.4 Å². The average Bonchev–Trinajstić information content (AvgIpc) is 2.98. The fourth-order valence-electron chi connectivity index (χ4n) is 2.25. The van der Waals surface area contributed by atoms with Crippen LogP contribution in [0.4, 0.5) is 0 Å². The molecule has 2 aromatic carbocycles. The molecule has 1 saturated heterocycles. The predicted molar refractivity (Wildman–Crippen MR) is 72.8 cm³/mol. The number of rotatable bonds is 3.